The minimum absolute atomic E-state index is 0.604. The van der Waals surface area contributed by atoms with E-state index in [4.69, 9.17) is 16.0 Å². The van der Waals surface area contributed by atoms with Crippen LogP contribution in [-0.4, -0.2) is 35.0 Å². The fourth-order valence-electron chi connectivity index (χ4n) is 2.94. The van der Waals surface area contributed by atoms with E-state index in [1.54, 1.807) is 58.9 Å². The number of hydrogen-bond donors (Lipinski definition) is 0. The summed E-state index contributed by atoms with van der Waals surface area (Å²) in [6.45, 7) is 14.7. The largest absolute Gasteiger partial charge is 0.444 e. The van der Waals surface area contributed by atoms with Crippen LogP contribution >= 0.6 is 0 Å². The van der Waals surface area contributed by atoms with Gasteiger partial charge in [-0.1, -0.05) is 18.1 Å². The second kappa shape index (κ2) is 7.35. The van der Waals surface area contributed by atoms with E-state index in [-0.39, 0.29) is 0 Å². The Bertz CT molecular complexity index is 763. The van der Waals surface area contributed by atoms with Crippen molar-refractivity contribution in [1.82, 2.24) is 4.90 Å². The van der Waals surface area contributed by atoms with Crippen molar-refractivity contribution in [2.75, 3.05) is 6.67 Å². The topological polar surface area (TPSA) is 43.1 Å². The molecule has 1 fully saturated rings. The Morgan fingerprint density at radius 3 is 2.50 bits per heavy atom. The highest BCUT2D eigenvalue weighted by Crippen LogP contribution is 2.42. The van der Waals surface area contributed by atoms with E-state index >= 15 is 0 Å². The lowest BCUT2D eigenvalue weighted by Crippen LogP contribution is -2.50. The SMILES string of the molecule is [C-]#[N+]C#Cc1ccc(C2OC(C)(C)N(C(=O)OC(C)(C)C)C2CF)cc1. The van der Waals surface area contributed by atoms with Crippen LogP contribution in [0.15, 0.2) is 24.3 Å². The van der Waals surface area contributed by atoms with Gasteiger partial charge in [0.1, 0.15) is 36.7 Å². The first kappa shape index (κ1) is 19.8. The van der Waals surface area contributed by atoms with Crippen molar-refractivity contribution >= 4 is 6.09 Å². The summed E-state index contributed by atoms with van der Waals surface area (Å²) in [4.78, 5) is 16.9. The second-order valence-electron chi connectivity index (χ2n) is 7.53. The first-order valence-corrected chi connectivity index (χ1v) is 8.32. The molecule has 2 atom stereocenters. The maximum atomic E-state index is 13.9. The van der Waals surface area contributed by atoms with E-state index in [2.05, 4.69) is 16.8 Å². The third-order valence-electron chi connectivity index (χ3n) is 3.92. The summed E-state index contributed by atoms with van der Waals surface area (Å²) >= 11 is 0. The van der Waals surface area contributed by atoms with Crippen molar-refractivity contribution in [2.45, 2.75) is 58.1 Å². The minimum Gasteiger partial charge on any atom is -0.444 e. The molecule has 1 heterocycles. The summed E-state index contributed by atoms with van der Waals surface area (Å²) in [6, 6.07) is 8.56. The zero-order valence-corrected chi connectivity index (χ0v) is 15.7. The van der Waals surface area contributed by atoms with Crippen molar-refractivity contribution < 1.29 is 18.7 Å². The maximum Gasteiger partial charge on any atom is 0.413 e. The standard InChI is InChI=1S/C20H23FN2O3/c1-19(2,3)26-18(24)23-16(13-21)17(25-20(23,4)5)15-9-7-14(8-10-15)11-12-22-6/h7-10,16-17H,13H2,1-5H3. The first-order valence-electron chi connectivity index (χ1n) is 8.32. The number of hydrogen-bond acceptors (Lipinski definition) is 3. The quantitative estimate of drug-likeness (QED) is 0.585. The molecule has 1 amide bonds. The van der Waals surface area contributed by atoms with Crippen LogP contribution in [0.5, 0.6) is 0 Å². The van der Waals surface area contributed by atoms with Gasteiger partial charge in [-0.2, -0.15) is 4.85 Å². The van der Waals surface area contributed by atoms with Gasteiger partial charge in [-0.3, -0.25) is 4.90 Å². The fourth-order valence-corrected chi connectivity index (χ4v) is 2.94. The van der Waals surface area contributed by atoms with E-state index in [1.165, 1.54) is 4.90 Å². The average Bonchev–Trinajstić information content (AvgIpc) is 2.82. The van der Waals surface area contributed by atoms with E-state index < -0.39 is 36.2 Å². The number of carbonyl (C=O) groups is 1. The number of rotatable bonds is 2. The van der Waals surface area contributed by atoms with Crippen molar-refractivity contribution in [1.29, 1.82) is 0 Å². The molecule has 0 aromatic heterocycles. The number of ether oxygens (including phenoxy) is 2. The molecule has 1 saturated heterocycles. The molecule has 1 aromatic rings. The molecule has 2 rings (SSSR count). The van der Waals surface area contributed by atoms with Gasteiger partial charge in [-0.05, 0) is 52.3 Å². The number of alkyl halides is 1. The predicted molar refractivity (Wildman–Crippen MR) is 95.7 cm³/mol. The zero-order chi connectivity index (χ0) is 19.5. The normalized spacial score (nSPS) is 21.5. The molecule has 0 spiro atoms. The Morgan fingerprint density at radius 1 is 1.38 bits per heavy atom. The highest BCUT2D eigenvalue weighted by molar-refractivity contribution is 5.70. The molecule has 6 heteroatoms. The molecular weight excluding hydrogens is 335 g/mol. The summed E-state index contributed by atoms with van der Waals surface area (Å²) in [5, 5.41) is 0. The lowest BCUT2D eigenvalue weighted by Gasteiger charge is -2.34. The van der Waals surface area contributed by atoms with Gasteiger partial charge in [0.05, 0.1) is 6.04 Å². The molecule has 1 aliphatic rings. The highest BCUT2D eigenvalue weighted by atomic mass is 19.1. The van der Waals surface area contributed by atoms with Gasteiger partial charge in [0.25, 0.3) is 0 Å². The van der Waals surface area contributed by atoms with Crippen LogP contribution < -0.4 is 0 Å². The van der Waals surface area contributed by atoms with Gasteiger partial charge in [0.15, 0.2) is 0 Å². The number of nitrogens with zero attached hydrogens (tertiary/aromatic N) is 2. The third kappa shape index (κ3) is 4.33. The third-order valence-corrected chi connectivity index (χ3v) is 3.92. The van der Waals surface area contributed by atoms with Crippen molar-refractivity contribution in [2.24, 2.45) is 0 Å². The van der Waals surface area contributed by atoms with Gasteiger partial charge in [0, 0.05) is 5.56 Å². The zero-order valence-electron chi connectivity index (χ0n) is 15.7. The monoisotopic (exact) mass is 358 g/mol. The fraction of sp³-hybridized carbons (Fsp3) is 0.500. The van der Waals surface area contributed by atoms with E-state index in [0.717, 1.165) is 5.56 Å². The highest BCUT2D eigenvalue weighted by Gasteiger charge is 2.51. The van der Waals surface area contributed by atoms with Crippen LogP contribution in [0.25, 0.3) is 4.85 Å². The molecule has 0 N–H and O–H groups in total. The maximum absolute atomic E-state index is 13.9. The molecule has 2 unspecified atom stereocenters. The van der Waals surface area contributed by atoms with Crippen LogP contribution in [0.2, 0.25) is 0 Å². The average molecular weight is 358 g/mol. The molecule has 26 heavy (non-hydrogen) atoms. The lowest BCUT2D eigenvalue weighted by atomic mass is 10.0. The summed E-state index contributed by atoms with van der Waals surface area (Å²) in [5.41, 5.74) is -0.273. The number of carbonyl (C=O) groups excluding carboxylic acids is 1. The Kier molecular flexibility index (Phi) is 5.59. The van der Waals surface area contributed by atoms with Crippen LogP contribution in [-0.2, 0) is 9.47 Å². The lowest BCUT2D eigenvalue weighted by molar-refractivity contribution is -0.0797. The molecule has 1 aromatic carbocycles. The Hall–Kier alpha value is -2.57. The van der Waals surface area contributed by atoms with E-state index in [1.807, 2.05) is 0 Å². The number of benzene rings is 1. The molecule has 0 radical (unpaired) electrons. The van der Waals surface area contributed by atoms with Crippen LogP contribution in [0.3, 0.4) is 0 Å². The van der Waals surface area contributed by atoms with Crippen LogP contribution in [0, 0.1) is 18.5 Å². The number of amides is 1. The summed E-state index contributed by atoms with van der Waals surface area (Å²) in [5.74, 6) is 2.70. The van der Waals surface area contributed by atoms with Gasteiger partial charge in [0.2, 0.25) is 0 Å². The van der Waals surface area contributed by atoms with E-state index in [9.17, 15) is 9.18 Å². The van der Waals surface area contributed by atoms with Crippen molar-refractivity contribution in [3.63, 3.8) is 0 Å². The molecule has 5 nitrogen and oxygen atoms in total. The minimum atomic E-state index is -1.01. The molecule has 0 aliphatic carbocycles. The van der Waals surface area contributed by atoms with Crippen LogP contribution in [0.4, 0.5) is 9.18 Å². The second-order valence-corrected chi connectivity index (χ2v) is 7.53. The first-order chi connectivity index (χ1) is 12.1. The van der Waals surface area contributed by atoms with Gasteiger partial charge in [-0.15, -0.1) is 0 Å². The molecule has 1 aliphatic heterocycles. The smallest absolute Gasteiger partial charge is 0.413 e. The summed E-state index contributed by atoms with van der Waals surface area (Å²) < 4.78 is 25.3. The summed E-state index contributed by atoms with van der Waals surface area (Å²) in [7, 11) is 0. The van der Waals surface area contributed by atoms with Crippen molar-refractivity contribution in [3.05, 3.63) is 46.8 Å². The van der Waals surface area contributed by atoms with Crippen LogP contribution in [0.1, 0.15) is 51.8 Å². The molecule has 0 bridgehead atoms. The predicted octanol–water partition coefficient (Wildman–Crippen LogP) is 4.30. The number of halogens is 1. The van der Waals surface area contributed by atoms with Crippen molar-refractivity contribution in [3.8, 4) is 12.0 Å². The molecule has 138 valence electrons. The summed E-state index contributed by atoms with van der Waals surface area (Å²) in [6.07, 6.45) is -1.22. The van der Waals surface area contributed by atoms with Gasteiger partial charge in [-0.25, -0.2) is 9.18 Å². The Balaban J connectivity index is 2.31. The Labute approximate surface area is 153 Å². The molecule has 0 saturated carbocycles. The molecular formula is C20H23FN2O3. The van der Waals surface area contributed by atoms with E-state index in [0.29, 0.717) is 5.56 Å². The van der Waals surface area contributed by atoms with Gasteiger partial charge < -0.3 is 9.47 Å². The Morgan fingerprint density at radius 2 is 2.00 bits per heavy atom. The van der Waals surface area contributed by atoms with Gasteiger partial charge >= 0.3 is 6.09 Å².